The van der Waals surface area contributed by atoms with Gasteiger partial charge in [0.2, 0.25) is 0 Å². The summed E-state index contributed by atoms with van der Waals surface area (Å²) < 4.78 is 10.0. The molecule has 13 heavy (non-hydrogen) atoms. The van der Waals surface area contributed by atoms with Crippen LogP contribution in [0.15, 0.2) is 27.1 Å². The van der Waals surface area contributed by atoms with Crippen LogP contribution in [0.4, 0.5) is 0 Å². The van der Waals surface area contributed by atoms with Gasteiger partial charge in [0.15, 0.2) is 0 Å². The highest BCUT2D eigenvalue weighted by Gasteiger charge is 2.05. The van der Waals surface area contributed by atoms with Crippen LogP contribution in [-0.4, -0.2) is 12.8 Å². The summed E-state index contributed by atoms with van der Waals surface area (Å²) in [4.78, 5) is 0. The fraction of sp³-hybridized carbons (Fsp3) is 0.222. The minimum atomic E-state index is 0.804. The van der Waals surface area contributed by atoms with Crippen molar-refractivity contribution in [2.24, 2.45) is 4.40 Å². The molecule has 0 bridgehead atoms. The Morgan fingerprint density at radius 2 is 2.23 bits per heavy atom. The standard InChI is InChI=1S/C9H10BrNOS/c1-6(11-13)8-5-7(10)3-4-9(8)12-2/h3-5,13H,1-2H3/b11-6+. The lowest BCUT2D eigenvalue weighted by molar-refractivity contribution is 0.414. The first-order valence-corrected chi connectivity index (χ1v) is 4.91. The molecule has 1 aromatic rings. The number of methoxy groups -OCH3 is 1. The molecule has 0 aromatic heterocycles. The predicted octanol–water partition coefficient (Wildman–Crippen LogP) is 3.11. The van der Waals surface area contributed by atoms with Gasteiger partial charge in [0, 0.05) is 10.0 Å². The number of ether oxygens (including phenoxy) is 1. The molecule has 0 aliphatic carbocycles. The topological polar surface area (TPSA) is 21.6 Å². The Kier molecular flexibility index (Phi) is 3.81. The van der Waals surface area contributed by atoms with Gasteiger partial charge in [-0.2, -0.15) is 0 Å². The molecule has 0 fully saturated rings. The molecular weight excluding hydrogens is 250 g/mol. The number of nitrogens with zero attached hydrogens (tertiary/aromatic N) is 1. The number of rotatable bonds is 2. The zero-order chi connectivity index (χ0) is 9.84. The van der Waals surface area contributed by atoms with E-state index in [9.17, 15) is 0 Å². The summed E-state index contributed by atoms with van der Waals surface area (Å²) in [6.45, 7) is 1.89. The van der Waals surface area contributed by atoms with Crippen molar-refractivity contribution in [3.8, 4) is 5.75 Å². The van der Waals surface area contributed by atoms with Gasteiger partial charge in [0.25, 0.3) is 0 Å². The lowest BCUT2D eigenvalue weighted by atomic mass is 10.1. The summed E-state index contributed by atoms with van der Waals surface area (Å²) in [6, 6.07) is 5.77. The van der Waals surface area contributed by atoms with Crippen LogP contribution < -0.4 is 4.74 Å². The molecule has 0 aliphatic rings. The summed E-state index contributed by atoms with van der Waals surface area (Å²) in [5.74, 6) is 0.804. The van der Waals surface area contributed by atoms with E-state index in [2.05, 4.69) is 33.1 Å². The van der Waals surface area contributed by atoms with Crippen molar-refractivity contribution < 1.29 is 4.74 Å². The highest BCUT2D eigenvalue weighted by atomic mass is 79.9. The SMILES string of the molecule is COc1ccc(Br)cc1/C(C)=N/S. The molecule has 0 saturated heterocycles. The molecule has 1 aromatic carbocycles. The van der Waals surface area contributed by atoms with E-state index in [0.29, 0.717) is 0 Å². The van der Waals surface area contributed by atoms with Crippen LogP contribution in [0.25, 0.3) is 0 Å². The van der Waals surface area contributed by atoms with Gasteiger partial charge < -0.3 is 4.74 Å². The zero-order valence-corrected chi connectivity index (χ0v) is 9.89. The van der Waals surface area contributed by atoms with Gasteiger partial charge in [-0.25, -0.2) is 4.40 Å². The van der Waals surface area contributed by atoms with Crippen LogP contribution in [0, 0.1) is 0 Å². The van der Waals surface area contributed by atoms with E-state index in [0.717, 1.165) is 21.5 Å². The average molecular weight is 260 g/mol. The van der Waals surface area contributed by atoms with E-state index in [1.165, 1.54) is 0 Å². The number of thiol groups is 1. The molecule has 0 radical (unpaired) electrons. The van der Waals surface area contributed by atoms with Gasteiger partial charge in [-0.1, -0.05) is 15.9 Å². The molecule has 1 rings (SSSR count). The summed E-state index contributed by atoms with van der Waals surface area (Å²) >= 11 is 7.25. The average Bonchev–Trinajstić information content (AvgIpc) is 2.16. The number of hydrogen-bond acceptors (Lipinski definition) is 3. The molecule has 0 spiro atoms. The van der Waals surface area contributed by atoms with Gasteiger partial charge in [-0.15, -0.1) is 0 Å². The van der Waals surface area contributed by atoms with E-state index < -0.39 is 0 Å². The van der Waals surface area contributed by atoms with Crippen LogP contribution in [0.1, 0.15) is 12.5 Å². The largest absolute Gasteiger partial charge is 0.496 e. The molecular formula is C9H10BrNOS. The first-order valence-electron chi connectivity index (χ1n) is 3.71. The van der Waals surface area contributed by atoms with Crippen LogP contribution in [0.2, 0.25) is 0 Å². The zero-order valence-electron chi connectivity index (χ0n) is 7.41. The minimum absolute atomic E-state index is 0.804. The maximum atomic E-state index is 5.19. The van der Waals surface area contributed by atoms with Crippen molar-refractivity contribution in [1.82, 2.24) is 0 Å². The fourth-order valence-corrected chi connectivity index (χ4v) is 1.49. The number of benzene rings is 1. The van der Waals surface area contributed by atoms with Gasteiger partial charge >= 0.3 is 0 Å². The molecule has 0 unspecified atom stereocenters. The van der Waals surface area contributed by atoms with E-state index in [4.69, 9.17) is 4.74 Å². The molecule has 2 nitrogen and oxygen atoms in total. The first kappa shape index (κ1) is 10.6. The van der Waals surface area contributed by atoms with Crippen LogP contribution in [-0.2, 0) is 0 Å². The van der Waals surface area contributed by atoms with Gasteiger partial charge in [-0.3, -0.25) is 0 Å². The summed E-state index contributed by atoms with van der Waals surface area (Å²) in [5.41, 5.74) is 1.79. The van der Waals surface area contributed by atoms with Gasteiger partial charge in [-0.05, 0) is 37.9 Å². The van der Waals surface area contributed by atoms with Gasteiger partial charge in [0.1, 0.15) is 5.75 Å². The second-order valence-electron chi connectivity index (χ2n) is 2.53. The minimum Gasteiger partial charge on any atom is -0.496 e. The molecule has 70 valence electrons. The second kappa shape index (κ2) is 4.67. The Morgan fingerprint density at radius 1 is 1.54 bits per heavy atom. The molecule has 0 saturated carbocycles. The lowest BCUT2D eigenvalue weighted by Crippen LogP contribution is -1.97. The molecule has 0 atom stereocenters. The van der Waals surface area contributed by atoms with Crippen molar-refractivity contribution in [2.75, 3.05) is 7.11 Å². The van der Waals surface area contributed by atoms with E-state index in [1.807, 2.05) is 25.1 Å². The summed E-state index contributed by atoms with van der Waals surface area (Å²) in [5, 5.41) is 0. The van der Waals surface area contributed by atoms with Crippen LogP contribution >= 0.6 is 28.7 Å². The molecule has 0 aliphatic heterocycles. The van der Waals surface area contributed by atoms with Crippen molar-refractivity contribution >= 4 is 34.5 Å². The Bertz CT molecular complexity index is 338. The van der Waals surface area contributed by atoms with Crippen molar-refractivity contribution in [1.29, 1.82) is 0 Å². The number of halogens is 1. The van der Waals surface area contributed by atoms with E-state index in [1.54, 1.807) is 7.11 Å². The normalized spacial score (nSPS) is 11.5. The van der Waals surface area contributed by atoms with Gasteiger partial charge in [0.05, 0.1) is 12.8 Å². The van der Waals surface area contributed by atoms with Crippen LogP contribution in [0.3, 0.4) is 0 Å². The maximum absolute atomic E-state index is 5.19. The van der Waals surface area contributed by atoms with Crippen LogP contribution in [0.5, 0.6) is 5.75 Å². The van der Waals surface area contributed by atoms with Crippen molar-refractivity contribution in [3.05, 3.63) is 28.2 Å². The molecule has 0 N–H and O–H groups in total. The molecule has 0 amide bonds. The molecule has 0 heterocycles. The highest BCUT2D eigenvalue weighted by Crippen LogP contribution is 2.23. The number of hydrogen-bond donors (Lipinski definition) is 1. The quantitative estimate of drug-likeness (QED) is 0.640. The maximum Gasteiger partial charge on any atom is 0.128 e. The third-order valence-corrected chi connectivity index (χ3v) is 2.49. The van der Waals surface area contributed by atoms with Crippen molar-refractivity contribution in [3.63, 3.8) is 0 Å². The van der Waals surface area contributed by atoms with Crippen molar-refractivity contribution in [2.45, 2.75) is 6.92 Å². The predicted molar refractivity (Wildman–Crippen MR) is 61.9 cm³/mol. The Labute approximate surface area is 91.7 Å². The Hall–Kier alpha value is -0.480. The van der Waals surface area contributed by atoms with E-state index in [-0.39, 0.29) is 0 Å². The monoisotopic (exact) mass is 259 g/mol. The third kappa shape index (κ3) is 2.48. The fourth-order valence-electron chi connectivity index (χ4n) is 1.02. The third-order valence-electron chi connectivity index (χ3n) is 1.70. The summed E-state index contributed by atoms with van der Waals surface area (Å²) in [6.07, 6.45) is 0. The lowest BCUT2D eigenvalue weighted by Gasteiger charge is -2.07. The second-order valence-corrected chi connectivity index (χ2v) is 3.65. The molecule has 4 heteroatoms. The summed E-state index contributed by atoms with van der Waals surface area (Å²) in [7, 11) is 1.64. The first-order chi connectivity index (χ1) is 6.19. The highest BCUT2D eigenvalue weighted by molar-refractivity contribution is 9.10. The smallest absolute Gasteiger partial charge is 0.128 e. The Balaban J connectivity index is 3.23. The Morgan fingerprint density at radius 3 is 2.77 bits per heavy atom. The van der Waals surface area contributed by atoms with E-state index >= 15 is 0 Å².